The first-order valence-electron chi connectivity index (χ1n) is 9.94. The summed E-state index contributed by atoms with van der Waals surface area (Å²) in [6, 6.07) is 13.2. The van der Waals surface area contributed by atoms with Crippen LogP contribution in [0.15, 0.2) is 53.4 Å². The molecule has 0 radical (unpaired) electrons. The van der Waals surface area contributed by atoms with Crippen LogP contribution < -0.4 is 15.4 Å². The monoisotopic (exact) mass is 462 g/mol. The number of carbonyl (C=O) groups excluding carboxylic acids is 2. The molecule has 9 nitrogen and oxygen atoms in total. The fourth-order valence-electron chi connectivity index (χ4n) is 2.97. The summed E-state index contributed by atoms with van der Waals surface area (Å²) < 4.78 is 30.7. The van der Waals surface area contributed by atoms with Gasteiger partial charge in [0.25, 0.3) is 5.91 Å². The van der Waals surface area contributed by atoms with Gasteiger partial charge in [-0.15, -0.1) is 0 Å². The molecule has 1 atom stereocenters. The van der Waals surface area contributed by atoms with Gasteiger partial charge in [-0.05, 0) is 50.0 Å². The molecule has 32 heavy (non-hydrogen) atoms. The van der Waals surface area contributed by atoms with Crippen molar-refractivity contribution in [2.24, 2.45) is 0 Å². The number of carbonyl (C=O) groups is 2. The molecule has 0 aliphatic carbocycles. The lowest BCUT2D eigenvalue weighted by molar-refractivity contribution is -0.120. The Labute approximate surface area is 189 Å². The molecule has 2 amide bonds. The number of nitrogens with one attached hydrogen (secondary N) is 2. The third kappa shape index (κ3) is 6.52. The minimum absolute atomic E-state index is 0.00733. The van der Waals surface area contributed by atoms with Crippen LogP contribution in [0.25, 0.3) is 0 Å². The Morgan fingerprint density at radius 2 is 1.66 bits per heavy atom. The van der Waals surface area contributed by atoms with E-state index in [1.807, 2.05) is 43.3 Å². The van der Waals surface area contributed by atoms with Crippen molar-refractivity contribution in [1.29, 1.82) is 0 Å². The highest BCUT2D eigenvalue weighted by Crippen LogP contribution is 2.20. The number of rotatable bonds is 10. The van der Waals surface area contributed by atoms with Crippen LogP contribution in [-0.4, -0.2) is 77.8 Å². The van der Waals surface area contributed by atoms with Crippen molar-refractivity contribution in [3.63, 3.8) is 0 Å². The SMILES string of the molecule is COc1ccc(C(CNC(=O)CNC(=O)c2cccc(S(=O)(=O)N(C)C)c2)N(C)C)cc1. The lowest BCUT2D eigenvalue weighted by Crippen LogP contribution is -2.40. The molecule has 0 spiro atoms. The van der Waals surface area contributed by atoms with Crippen LogP contribution in [0.5, 0.6) is 5.75 Å². The van der Waals surface area contributed by atoms with Gasteiger partial charge in [-0.2, -0.15) is 0 Å². The first-order chi connectivity index (χ1) is 15.1. The number of amides is 2. The summed E-state index contributed by atoms with van der Waals surface area (Å²) in [6.45, 7) is 0.122. The zero-order valence-corrected chi connectivity index (χ0v) is 19.8. The van der Waals surface area contributed by atoms with Gasteiger partial charge in [0.1, 0.15) is 5.75 Å². The Morgan fingerprint density at radius 3 is 2.22 bits per heavy atom. The van der Waals surface area contributed by atoms with Crippen LogP contribution in [0.2, 0.25) is 0 Å². The summed E-state index contributed by atoms with van der Waals surface area (Å²) in [5, 5.41) is 5.34. The molecule has 2 aromatic carbocycles. The van der Waals surface area contributed by atoms with E-state index in [4.69, 9.17) is 4.74 Å². The Kier molecular flexibility index (Phi) is 8.76. The van der Waals surface area contributed by atoms with Gasteiger partial charge in [0.05, 0.1) is 24.6 Å². The van der Waals surface area contributed by atoms with E-state index in [1.165, 1.54) is 38.4 Å². The van der Waals surface area contributed by atoms with Gasteiger partial charge in [-0.3, -0.25) is 9.59 Å². The average Bonchev–Trinajstić information content (AvgIpc) is 2.77. The van der Waals surface area contributed by atoms with Gasteiger partial charge in [0.15, 0.2) is 0 Å². The maximum Gasteiger partial charge on any atom is 0.251 e. The lowest BCUT2D eigenvalue weighted by atomic mass is 10.1. The third-order valence-electron chi connectivity index (χ3n) is 4.90. The predicted molar refractivity (Wildman–Crippen MR) is 122 cm³/mol. The van der Waals surface area contributed by atoms with Crippen molar-refractivity contribution >= 4 is 21.8 Å². The van der Waals surface area contributed by atoms with Gasteiger partial charge in [0, 0.05) is 26.2 Å². The molecule has 0 saturated carbocycles. The summed E-state index contributed by atoms with van der Waals surface area (Å²) in [6.07, 6.45) is 0. The van der Waals surface area contributed by atoms with E-state index in [2.05, 4.69) is 10.6 Å². The Bertz CT molecular complexity index is 1040. The van der Waals surface area contributed by atoms with Gasteiger partial charge in [-0.25, -0.2) is 12.7 Å². The summed E-state index contributed by atoms with van der Waals surface area (Å²) in [5.74, 6) is -0.133. The van der Waals surface area contributed by atoms with Crippen LogP contribution in [0, 0.1) is 0 Å². The second-order valence-electron chi connectivity index (χ2n) is 7.55. The number of sulfonamides is 1. The maximum atomic E-state index is 12.4. The molecule has 0 aliphatic heterocycles. The Hall–Kier alpha value is -2.95. The zero-order valence-electron chi connectivity index (χ0n) is 19.0. The summed E-state index contributed by atoms with van der Waals surface area (Å²) in [4.78, 5) is 26.7. The maximum absolute atomic E-state index is 12.4. The Balaban J connectivity index is 1.95. The topological polar surface area (TPSA) is 108 Å². The molecule has 2 rings (SSSR count). The molecule has 0 saturated heterocycles. The number of methoxy groups -OCH3 is 1. The molecule has 10 heteroatoms. The standard InChI is InChI=1S/C22H30N4O5S/c1-25(2)20(16-9-11-18(31-5)12-10-16)14-23-21(27)15-24-22(28)17-7-6-8-19(13-17)32(29,30)26(3)4/h6-13,20H,14-15H2,1-5H3,(H,23,27)(H,24,28). The average molecular weight is 463 g/mol. The summed E-state index contributed by atoms with van der Waals surface area (Å²) in [5.41, 5.74) is 1.17. The van der Waals surface area contributed by atoms with Gasteiger partial charge in [0.2, 0.25) is 15.9 Å². The fraction of sp³-hybridized carbons (Fsp3) is 0.364. The van der Waals surface area contributed by atoms with Crippen molar-refractivity contribution in [2.75, 3.05) is 48.4 Å². The molecule has 0 aliphatic rings. The number of hydrogen-bond acceptors (Lipinski definition) is 6. The lowest BCUT2D eigenvalue weighted by Gasteiger charge is -2.25. The molecular formula is C22H30N4O5S. The van der Waals surface area contributed by atoms with Crippen molar-refractivity contribution in [1.82, 2.24) is 19.8 Å². The van der Waals surface area contributed by atoms with E-state index >= 15 is 0 Å². The van der Waals surface area contributed by atoms with Gasteiger partial charge < -0.3 is 20.3 Å². The van der Waals surface area contributed by atoms with Crippen molar-refractivity contribution in [3.8, 4) is 5.75 Å². The highest BCUT2D eigenvalue weighted by atomic mass is 32.2. The number of benzene rings is 2. The molecule has 1 unspecified atom stereocenters. The van der Waals surface area contributed by atoms with E-state index < -0.39 is 15.9 Å². The minimum atomic E-state index is -3.66. The van der Waals surface area contributed by atoms with E-state index in [-0.39, 0.29) is 29.0 Å². The van der Waals surface area contributed by atoms with Gasteiger partial charge >= 0.3 is 0 Å². The van der Waals surface area contributed by atoms with Crippen molar-refractivity contribution < 1.29 is 22.7 Å². The quantitative estimate of drug-likeness (QED) is 0.547. The largest absolute Gasteiger partial charge is 0.497 e. The molecular weight excluding hydrogens is 432 g/mol. The van der Waals surface area contributed by atoms with Crippen LogP contribution in [-0.2, 0) is 14.8 Å². The smallest absolute Gasteiger partial charge is 0.251 e. The molecule has 0 bridgehead atoms. The molecule has 0 fully saturated rings. The number of hydrogen-bond donors (Lipinski definition) is 2. The minimum Gasteiger partial charge on any atom is -0.497 e. The third-order valence-corrected chi connectivity index (χ3v) is 6.71. The Morgan fingerprint density at radius 1 is 1.00 bits per heavy atom. The molecule has 2 aromatic rings. The molecule has 2 N–H and O–H groups in total. The summed E-state index contributed by atoms with van der Waals surface area (Å²) >= 11 is 0. The van der Waals surface area contributed by atoms with Crippen LogP contribution in [0.1, 0.15) is 22.0 Å². The first-order valence-corrected chi connectivity index (χ1v) is 11.4. The molecule has 174 valence electrons. The number of ether oxygens (including phenoxy) is 1. The molecule has 0 aromatic heterocycles. The van der Waals surface area contributed by atoms with E-state index in [1.54, 1.807) is 7.11 Å². The number of likely N-dealkylation sites (N-methyl/N-ethyl adjacent to an activating group) is 1. The highest BCUT2D eigenvalue weighted by molar-refractivity contribution is 7.89. The molecule has 0 heterocycles. The van der Waals surface area contributed by atoms with Crippen LogP contribution in [0.3, 0.4) is 0 Å². The second-order valence-corrected chi connectivity index (χ2v) is 9.71. The van der Waals surface area contributed by atoms with E-state index in [0.29, 0.717) is 6.54 Å². The van der Waals surface area contributed by atoms with Gasteiger partial charge in [-0.1, -0.05) is 18.2 Å². The van der Waals surface area contributed by atoms with Crippen LogP contribution >= 0.6 is 0 Å². The normalized spacial score (nSPS) is 12.5. The van der Waals surface area contributed by atoms with E-state index in [0.717, 1.165) is 15.6 Å². The van der Waals surface area contributed by atoms with Crippen molar-refractivity contribution in [2.45, 2.75) is 10.9 Å². The second kappa shape index (κ2) is 11.1. The summed E-state index contributed by atoms with van der Waals surface area (Å²) in [7, 11) is 4.60. The fourth-order valence-corrected chi connectivity index (χ4v) is 3.92. The highest BCUT2D eigenvalue weighted by Gasteiger charge is 2.19. The van der Waals surface area contributed by atoms with E-state index in [9.17, 15) is 18.0 Å². The van der Waals surface area contributed by atoms with Crippen molar-refractivity contribution in [3.05, 3.63) is 59.7 Å². The predicted octanol–water partition coefficient (Wildman–Crippen LogP) is 1.09. The number of nitrogens with zero attached hydrogens (tertiary/aromatic N) is 2. The first kappa shape index (κ1) is 25.3. The zero-order chi connectivity index (χ0) is 23.9. The van der Waals surface area contributed by atoms with Crippen LogP contribution in [0.4, 0.5) is 0 Å².